The van der Waals surface area contributed by atoms with Crippen molar-refractivity contribution in [2.24, 2.45) is 0 Å². The molecule has 0 aliphatic rings. The number of halogens is 1. The molecule has 0 unspecified atom stereocenters. The molecule has 0 saturated heterocycles. The lowest BCUT2D eigenvalue weighted by molar-refractivity contribution is 0.0998. The molecule has 1 heterocycles. The molecule has 0 atom stereocenters. The van der Waals surface area contributed by atoms with Gasteiger partial charge in [-0.3, -0.25) is 4.79 Å². The molecule has 0 saturated carbocycles. The maximum atomic E-state index is 12.3. The van der Waals surface area contributed by atoms with E-state index in [0.717, 1.165) is 22.2 Å². The van der Waals surface area contributed by atoms with Crippen LogP contribution in [0.1, 0.15) is 21.7 Å². The predicted molar refractivity (Wildman–Crippen MR) is 85.1 cm³/mol. The molecule has 0 fully saturated rings. The van der Waals surface area contributed by atoms with Crippen molar-refractivity contribution in [1.82, 2.24) is 0 Å². The van der Waals surface area contributed by atoms with Crippen LogP contribution < -0.4 is 5.32 Å². The lowest BCUT2D eigenvalue weighted by Crippen LogP contribution is -2.12. The first-order valence-electron chi connectivity index (χ1n) is 6.61. The molecule has 4 heteroatoms. The van der Waals surface area contributed by atoms with Gasteiger partial charge in [0.25, 0.3) is 5.91 Å². The van der Waals surface area contributed by atoms with Gasteiger partial charge in [0, 0.05) is 16.1 Å². The van der Waals surface area contributed by atoms with Crippen molar-refractivity contribution in [2.75, 3.05) is 5.32 Å². The Labute approximate surface area is 127 Å². The Morgan fingerprint density at radius 2 is 1.81 bits per heavy atom. The van der Waals surface area contributed by atoms with E-state index in [0.29, 0.717) is 10.6 Å². The standard InChI is InChI=1S/C17H14ClNO2/c1-10-4-3-5-11(2)16(10)19-17(20)15-9-12-8-13(18)6-7-14(12)21-15/h3-9H,1-2H3,(H,19,20). The molecule has 3 rings (SSSR count). The van der Waals surface area contributed by atoms with Gasteiger partial charge in [-0.2, -0.15) is 0 Å². The number of amides is 1. The number of para-hydroxylation sites is 1. The minimum atomic E-state index is -0.264. The molecule has 2 aromatic carbocycles. The van der Waals surface area contributed by atoms with Gasteiger partial charge in [-0.1, -0.05) is 29.8 Å². The maximum absolute atomic E-state index is 12.3. The van der Waals surface area contributed by atoms with E-state index in [-0.39, 0.29) is 11.7 Å². The number of hydrogen-bond donors (Lipinski definition) is 1. The van der Waals surface area contributed by atoms with Gasteiger partial charge in [0.15, 0.2) is 5.76 Å². The van der Waals surface area contributed by atoms with Gasteiger partial charge in [0.2, 0.25) is 0 Å². The molecule has 106 valence electrons. The van der Waals surface area contributed by atoms with Crippen molar-refractivity contribution in [3.05, 3.63) is 64.4 Å². The lowest BCUT2D eigenvalue weighted by atomic mass is 10.1. The molecular formula is C17H14ClNO2. The molecular weight excluding hydrogens is 286 g/mol. The van der Waals surface area contributed by atoms with Crippen molar-refractivity contribution in [3.8, 4) is 0 Å². The summed E-state index contributed by atoms with van der Waals surface area (Å²) in [5.74, 6) is 0.00893. The SMILES string of the molecule is Cc1cccc(C)c1NC(=O)c1cc2cc(Cl)ccc2o1. The van der Waals surface area contributed by atoms with Crippen molar-refractivity contribution in [3.63, 3.8) is 0 Å². The minimum Gasteiger partial charge on any atom is -0.451 e. The van der Waals surface area contributed by atoms with Crippen molar-refractivity contribution >= 4 is 34.2 Å². The lowest BCUT2D eigenvalue weighted by Gasteiger charge is -2.09. The minimum absolute atomic E-state index is 0.264. The third-order valence-electron chi connectivity index (χ3n) is 3.42. The summed E-state index contributed by atoms with van der Waals surface area (Å²) in [6, 6.07) is 12.8. The molecule has 21 heavy (non-hydrogen) atoms. The quantitative estimate of drug-likeness (QED) is 0.727. The Morgan fingerprint density at radius 1 is 1.10 bits per heavy atom. The summed E-state index contributed by atoms with van der Waals surface area (Å²) >= 11 is 5.94. The molecule has 1 N–H and O–H groups in total. The molecule has 3 nitrogen and oxygen atoms in total. The van der Waals surface area contributed by atoms with Crippen LogP contribution in [0.3, 0.4) is 0 Å². The third kappa shape index (κ3) is 2.65. The number of aryl methyl sites for hydroxylation is 2. The van der Waals surface area contributed by atoms with Crippen LogP contribution >= 0.6 is 11.6 Å². The topological polar surface area (TPSA) is 42.2 Å². The van der Waals surface area contributed by atoms with Gasteiger partial charge in [-0.25, -0.2) is 0 Å². The predicted octanol–water partition coefficient (Wildman–Crippen LogP) is 4.96. The Balaban J connectivity index is 1.94. The van der Waals surface area contributed by atoms with Crippen molar-refractivity contribution in [1.29, 1.82) is 0 Å². The molecule has 1 aromatic heterocycles. The first-order valence-corrected chi connectivity index (χ1v) is 6.99. The molecule has 0 aliphatic heterocycles. The second-order valence-electron chi connectivity index (χ2n) is 5.01. The van der Waals surface area contributed by atoms with E-state index >= 15 is 0 Å². The van der Waals surface area contributed by atoms with Crippen molar-refractivity contribution in [2.45, 2.75) is 13.8 Å². The third-order valence-corrected chi connectivity index (χ3v) is 3.66. The summed E-state index contributed by atoms with van der Waals surface area (Å²) in [4.78, 5) is 12.3. The maximum Gasteiger partial charge on any atom is 0.291 e. The van der Waals surface area contributed by atoms with E-state index in [9.17, 15) is 4.79 Å². The zero-order chi connectivity index (χ0) is 15.0. The smallest absolute Gasteiger partial charge is 0.291 e. The largest absolute Gasteiger partial charge is 0.451 e. The first kappa shape index (κ1) is 13.7. The Morgan fingerprint density at radius 3 is 2.52 bits per heavy atom. The van der Waals surface area contributed by atoms with Gasteiger partial charge >= 0.3 is 0 Å². The fourth-order valence-corrected chi connectivity index (χ4v) is 2.49. The number of benzene rings is 2. The van der Waals surface area contributed by atoms with Crippen molar-refractivity contribution < 1.29 is 9.21 Å². The normalized spacial score (nSPS) is 10.8. The molecule has 0 bridgehead atoms. The molecule has 3 aromatic rings. The number of carbonyl (C=O) groups excluding carboxylic acids is 1. The molecule has 0 aliphatic carbocycles. The highest BCUT2D eigenvalue weighted by Gasteiger charge is 2.14. The van der Waals surface area contributed by atoms with E-state index in [4.69, 9.17) is 16.0 Å². The fraction of sp³-hybridized carbons (Fsp3) is 0.118. The second-order valence-corrected chi connectivity index (χ2v) is 5.45. The summed E-state index contributed by atoms with van der Waals surface area (Å²) in [6.07, 6.45) is 0. The van der Waals surface area contributed by atoms with E-state index in [1.807, 2.05) is 32.0 Å². The number of hydrogen-bond acceptors (Lipinski definition) is 2. The number of rotatable bonds is 2. The average molecular weight is 300 g/mol. The zero-order valence-corrected chi connectivity index (χ0v) is 12.5. The highest BCUT2D eigenvalue weighted by Crippen LogP contribution is 2.25. The number of anilines is 1. The number of fused-ring (bicyclic) bond motifs is 1. The van der Waals surface area contributed by atoms with Crippen LogP contribution in [0, 0.1) is 13.8 Å². The Kier molecular flexibility index (Phi) is 3.43. The number of carbonyl (C=O) groups is 1. The summed E-state index contributed by atoms with van der Waals surface area (Å²) in [5, 5.41) is 4.33. The highest BCUT2D eigenvalue weighted by molar-refractivity contribution is 6.31. The van der Waals surface area contributed by atoms with E-state index in [1.165, 1.54) is 0 Å². The van der Waals surface area contributed by atoms with Crippen LogP contribution in [0.25, 0.3) is 11.0 Å². The van der Waals surface area contributed by atoms with Gasteiger partial charge in [-0.15, -0.1) is 0 Å². The highest BCUT2D eigenvalue weighted by atomic mass is 35.5. The molecule has 0 radical (unpaired) electrons. The van der Waals surface area contributed by atoms with E-state index < -0.39 is 0 Å². The van der Waals surface area contributed by atoms with Crippen LogP contribution in [0.5, 0.6) is 0 Å². The molecule has 1 amide bonds. The van der Waals surface area contributed by atoms with Crippen LogP contribution in [-0.4, -0.2) is 5.91 Å². The van der Waals surface area contributed by atoms with Crippen LogP contribution in [0.15, 0.2) is 46.9 Å². The average Bonchev–Trinajstić information content (AvgIpc) is 2.86. The summed E-state index contributed by atoms with van der Waals surface area (Å²) in [5.41, 5.74) is 3.50. The summed E-state index contributed by atoms with van der Waals surface area (Å²) < 4.78 is 5.57. The van der Waals surface area contributed by atoms with E-state index in [2.05, 4.69) is 5.32 Å². The van der Waals surface area contributed by atoms with Crippen LogP contribution in [0.2, 0.25) is 5.02 Å². The van der Waals surface area contributed by atoms with Gasteiger partial charge in [0.05, 0.1) is 0 Å². The van der Waals surface area contributed by atoms with Crippen LogP contribution in [0.4, 0.5) is 5.69 Å². The molecule has 0 spiro atoms. The fourth-order valence-electron chi connectivity index (χ4n) is 2.31. The second kappa shape index (κ2) is 5.26. The Hall–Kier alpha value is -2.26. The van der Waals surface area contributed by atoms with Gasteiger partial charge < -0.3 is 9.73 Å². The Bertz CT molecular complexity index is 816. The first-order chi connectivity index (χ1) is 10.0. The summed E-state index contributed by atoms with van der Waals surface area (Å²) in [7, 11) is 0. The number of nitrogens with one attached hydrogen (secondary N) is 1. The summed E-state index contributed by atoms with van der Waals surface area (Å²) in [6.45, 7) is 3.92. The van der Waals surface area contributed by atoms with Crippen LogP contribution in [-0.2, 0) is 0 Å². The monoisotopic (exact) mass is 299 g/mol. The number of furan rings is 1. The van der Waals surface area contributed by atoms with Gasteiger partial charge in [0.1, 0.15) is 5.58 Å². The van der Waals surface area contributed by atoms with Gasteiger partial charge in [-0.05, 0) is 49.2 Å². The van der Waals surface area contributed by atoms with E-state index in [1.54, 1.807) is 24.3 Å². The zero-order valence-electron chi connectivity index (χ0n) is 11.7.